The van der Waals surface area contributed by atoms with Crippen molar-refractivity contribution in [3.8, 4) is 0 Å². The van der Waals surface area contributed by atoms with Crippen LogP contribution in [0.5, 0.6) is 0 Å². The molecule has 7 heteroatoms. The predicted octanol–water partition coefficient (Wildman–Crippen LogP) is 3.99. The number of hydrogen-bond acceptors (Lipinski definition) is 4. The quantitative estimate of drug-likeness (QED) is 0.600. The van der Waals surface area contributed by atoms with E-state index in [2.05, 4.69) is 15.7 Å². The summed E-state index contributed by atoms with van der Waals surface area (Å²) in [6.07, 6.45) is 3.84. The van der Waals surface area contributed by atoms with E-state index in [1.165, 1.54) is 6.20 Å². The number of nitrogens with zero attached hydrogens (tertiary/aromatic N) is 2. The van der Waals surface area contributed by atoms with E-state index in [9.17, 15) is 14.7 Å². The molecule has 0 radical (unpaired) electrons. The summed E-state index contributed by atoms with van der Waals surface area (Å²) in [6, 6.07) is 14.9. The van der Waals surface area contributed by atoms with Crippen LogP contribution >= 0.6 is 0 Å². The molecule has 0 saturated heterocycles. The van der Waals surface area contributed by atoms with Gasteiger partial charge in [0.05, 0.1) is 12.2 Å². The molecule has 0 fully saturated rings. The maximum Gasteiger partial charge on any atom is 0.352 e. The van der Waals surface area contributed by atoms with Gasteiger partial charge in [-0.2, -0.15) is 5.10 Å². The van der Waals surface area contributed by atoms with Crippen LogP contribution in [0.4, 0.5) is 11.5 Å². The Balaban J connectivity index is 1.72. The van der Waals surface area contributed by atoms with Gasteiger partial charge < -0.3 is 15.7 Å². The number of carbonyl (C=O) groups excluding carboxylic acids is 1. The molecule has 2 aromatic carbocycles. The number of anilines is 2. The average Bonchev–Trinajstić information content (AvgIpc) is 3.18. The first-order valence-corrected chi connectivity index (χ1v) is 9.73. The van der Waals surface area contributed by atoms with Gasteiger partial charge in [-0.05, 0) is 36.6 Å². The maximum atomic E-state index is 13.0. The van der Waals surface area contributed by atoms with Crippen LogP contribution in [-0.2, 0) is 11.2 Å². The lowest BCUT2D eigenvalue weighted by atomic mass is 10.0. The summed E-state index contributed by atoms with van der Waals surface area (Å²) >= 11 is 0. The number of rotatable bonds is 5. The van der Waals surface area contributed by atoms with Gasteiger partial charge in [-0.15, -0.1) is 0 Å². The third-order valence-corrected chi connectivity index (χ3v) is 5.18. The van der Waals surface area contributed by atoms with Crippen LogP contribution in [-0.4, -0.2) is 26.8 Å². The lowest BCUT2D eigenvalue weighted by Crippen LogP contribution is -2.25. The standard InChI is InChI=1S/C23H22N4O3/c1-3-15-6-4-5-7-18(15)26-22(28)17-13-24-27-20(16-10-8-14(2)9-11-16)12-19(23(29)30)25-21(17)27/h4-13,20,25H,3H2,1-2H3,(H,26,28)(H,29,30). The molecule has 0 spiro atoms. The molecule has 0 aliphatic carbocycles. The molecule has 3 aromatic rings. The van der Waals surface area contributed by atoms with Gasteiger partial charge in [0, 0.05) is 5.69 Å². The Hall–Kier alpha value is -3.87. The maximum absolute atomic E-state index is 13.0. The van der Waals surface area contributed by atoms with Crippen molar-refractivity contribution >= 4 is 23.4 Å². The fourth-order valence-electron chi connectivity index (χ4n) is 3.53. The minimum absolute atomic E-state index is 0.0107. The second-order valence-corrected chi connectivity index (χ2v) is 7.18. The van der Waals surface area contributed by atoms with Crippen LogP contribution in [0.15, 0.2) is 66.5 Å². The topological polar surface area (TPSA) is 96.3 Å². The van der Waals surface area contributed by atoms with Gasteiger partial charge in [0.15, 0.2) is 0 Å². The normalized spacial score (nSPS) is 15.0. The van der Waals surface area contributed by atoms with E-state index < -0.39 is 12.0 Å². The molecular weight excluding hydrogens is 380 g/mol. The molecule has 1 amide bonds. The first-order valence-electron chi connectivity index (χ1n) is 9.73. The Labute approximate surface area is 174 Å². The van der Waals surface area contributed by atoms with Crippen molar-refractivity contribution in [2.75, 3.05) is 10.6 Å². The van der Waals surface area contributed by atoms with Crippen LogP contribution in [0.1, 0.15) is 40.0 Å². The summed E-state index contributed by atoms with van der Waals surface area (Å²) < 4.78 is 1.64. The van der Waals surface area contributed by atoms with Crippen molar-refractivity contribution in [1.29, 1.82) is 0 Å². The van der Waals surface area contributed by atoms with E-state index in [1.54, 1.807) is 10.8 Å². The van der Waals surface area contributed by atoms with E-state index in [0.29, 0.717) is 5.82 Å². The molecule has 1 unspecified atom stereocenters. The second kappa shape index (κ2) is 7.87. The van der Waals surface area contributed by atoms with Crippen molar-refractivity contribution in [3.05, 3.63) is 88.8 Å². The number of carbonyl (C=O) groups is 2. The number of benzene rings is 2. The molecular formula is C23H22N4O3. The third kappa shape index (κ3) is 3.57. The zero-order valence-electron chi connectivity index (χ0n) is 16.7. The fourth-order valence-corrected chi connectivity index (χ4v) is 3.53. The van der Waals surface area contributed by atoms with Gasteiger partial charge >= 0.3 is 5.97 Å². The fraction of sp³-hybridized carbons (Fsp3) is 0.174. The highest BCUT2D eigenvalue weighted by Crippen LogP contribution is 2.32. The molecule has 1 aliphatic heterocycles. The third-order valence-electron chi connectivity index (χ3n) is 5.18. The van der Waals surface area contributed by atoms with Crippen molar-refractivity contribution in [3.63, 3.8) is 0 Å². The van der Waals surface area contributed by atoms with Gasteiger partial charge in [0.2, 0.25) is 0 Å². The number of fused-ring (bicyclic) bond motifs is 1. The first-order chi connectivity index (χ1) is 14.5. The molecule has 3 N–H and O–H groups in total. The second-order valence-electron chi connectivity index (χ2n) is 7.18. The molecule has 4 rings (SSSR count). The molecule has 152 valence electrons. The summed E-state index contributed by atoms with van der Waals surface area (Å²) in [7, 11) is 0. The van der Waals surface area contributed by atoms with E-state index in [0.717, 1.165) is 28.8 Å². The summed E-state index contributed by atoms with van der Waals surface area (Å²) in [6.45, 7) is 4.01. The Morgan fingerprint density at radius 2 is 1.90 bits per heavy atom. The number of amides is 1. The van der Waals surface area contributed by atoms with Crippen molar-refractivity contribution < 1.29 is 14.7 Å². The van der Waals surface area contributed by atoms with Gasteiger partial charge in [0.25, 0.3) is 5.91 Å². The first kappa shape index (κ1) is 19.4. The lowest BCUT2D eigenvalue weighted by Gasteiger charge is -2.24. The van der Waals surface area contributed by atoms with Crippen LogP contribution in [0.25, 0.3) is 0 Å². The molecule has 1 aromatic heterocycles. The number of aromatic nitrogens is 2. The van der Waals surface area contributed by atoms with Crippen molar-refractivity contribution in [2.24, 2.45) is 0 Å². The van der Waals surface area contributed by atoms with Crippen LogP contribution in [0, 0.1) is 6.92 Å². The van der Waals surface area contributed by atoms with Crippen molar-refractivity contribution in [1.82, 2.24) is 9.78 Å². The van der Waals surface area contributed by atoms with Gasteiger partial charge in [0.1, 0.15) is 17.1 Å². The molecule has 1 aliphatic rings. The van der Waals surface area contributed by atoms with Crippen LogP contribution in [0.3, 0.4) is 0 Å². The zero-order chi connectivity index (χ0) is 21.3. The number of para-hydroxylation sites is 1. The number of nitrogens with one attached hydrogen (secondary N) is 2. The molecule has 30 heavy (non-hydrogen) atoms. The van der Waals surface area contributed by atoms with Crippen LogP contribution in [0.2, 0.25) is 0 Å². The molecule has 1 atom stereocenters. The lowest BCUT2D eigenvalue weighted by molar-refractivity contribution is -0.132. The van der Waals surface area contributed by atoms with E-state index in [4.69, 9.17) is 0 Å². The van der Waals surface area contributed by atoms with E-state index in [1.807, 2.05) is 62.4 Å². The van der Waals surface area contributed by atoms with Gasteiger partial charge in [-0.1, -0.05) is 55.0 Å². The Bertz CT molecular complexity index is 1150. The summed E-state index contributed by atoms with van der Waals surface area (Å²) in [5.41, 5.74) is 4.02. The number of allylic oxidation sites excluding steroid dienone is 1. The molecule has 0 bridgehead atoms. The minimum atomic E-state index is -1.10. The highest BCUT2D eigenvalue weighted by atomic mass is 16.4. The summed E-state index contributed by atoms with van der Waals surface area (Å²) in [5, 5.41) is 19.7. The van der Waals surface area contributed by atoms with E-state index in [-0.39, 0.29) is 17.2 Å². The highest BCUT2D eigenvalue weighted by molar-refractivity contribution is 6.08. The smallest absolute Gasteiger partial charge is 0.352 e. The number of carboxylic acid groups (broad SMARTS) is 1. The predicted molar refractivity (Wildman–Crippen MR) is 115 cm³/mol. The molecule has 7 nitrogen and oxygen atoms in total. The van der Waals surface area contributed by atoms with E-state index >= 15 is 0 Å². The zero-order valence-corrected chi connectivity index (χ0v) is 16.7. The highest BCUT2D eigenvalue weighted by Gasteiger charge is 2.29. The van der Waals surface area contributed by atoms with Gasteiger partial charge in [-0.25, -0.2) is 9.48 Å². The minimum Gasteiger partial charge on any atom is -0.477 e. The molecule has 2 heterocycles. The Kier molecular flexibility index (Phi) is 5.10. The largest absolute Gasteiger partial charge is 0.477 e. The number of aryl methyl sites for hydroxylation is 2. The summed E-state index contributed by atoms with van der Waals surface area (Å²) in [4.78, 5) is 24.7. The Morgan fingerprint density at radius 1 is 1.17 bits per heavy atom. The average molecular weight is 402 g/mol. The number of hydrogen-bond donors (Lipinski definition) is 3. The SMILES string of the molecule is CCc1ccccc1NC(=O)c1cnn2c1NC(C(=O)O)=CC2c1ccc(C)cc1. The van der Waals surface area contributed by atoms with Gasteiger partial charge in [-0.3, -0.25) is 4.79 Å². The van der Waals surface area contributed by atoms with Crippen molar-refractivity contribution in [2.45, 2.75) is 26.3 Å². The number of carboxylic acids is 1. The Morgan fingerprint density at radius 3 is 2.60 bits per heavy atom. The number of aliphatic carboxylic acids is 1. The summed E-state index contributed by atoms with van der Waals surface area (Å²) in [5.74, 6) is -1.09. The molecule has 0 saturated carbocycles. The van der Waals surface area contributed by atoms with Crippen LogP contribution < -0.4 is 10.6 Å². The monoisotopic (exact) mass is 402 g/mol.